The average Bonchev–Trinajstić information content (AvgIpc) is 3.08. The van der Waals surface area contributed by atoms with E-state index in [4.69, 9.17) is 0 Å². The third kappa shape index (κ3) is 2.95. The molecule has 2 amide bonds. The number of amides is 2. The molecule has 21 heavy (non-hydrogen) atoms. The molecule has 3 aliphatic rings. The molecule has 2 saturated heterocycles. The van der Waals surface area contributed by atoms with Crippen LogP contribution in [0.5, 0.6) is 0 Å². The first-order valence-electron chi connectivity index (χ1n) is 7.35. The molecular weight excluding hydrogens is 294 g/mol. The Morgan fingerprint density at radius 1 is 1.19 bits per heavy atom. The number of likely N-dealkylation sites (tertiary alicyclic amines) is 1. The van der Waals surface area contributed by atoms with Crippen LogP contribution in [0.25, 0.3) is 0 Å². The van der Waals surface area contributed by atoms with E-state index in [-0.39, 0.29) is 29.7 Å². The molecule has 2 fully saturated rings. The van der Waals surface area contributed by atoms with Crippen LogP contribution in [-0.4, -0.2) is 66.5 Å². The number of hydrogen-bond acceptors (Lipinski definition) is 5. The molecule has 0 aromatic heterocycles. The van der Waals surface area contributed by atoms with Crippen molar-refractivity contribution >= 4 is 27.4 Å². The van der Waals surface area contributed by atoms with Crippen molar-refractivity contribution in [3.8, 4) is 0 Å². The molecule has 116 valence electrons. The molecule has 8 heteroatoms. The van der Waals surface area contributed by atoms with Gasteiger partial charge in [-0.3, -0.25) is 9.59 Å². The van der Waals surface area contributed by atoms with Crippen molar-refractivity contribution in [2.45, 2.75) is 38.1 Å². The molecule has 0 bridgehead atoms. The van der Waals surface area contributed by atoms with Gasteiger partial charge in [-0.05, 0) is 19.3 Å². The van der Waals surface area contributed by atoms with Crippen molar-refractivity contribution in [3.05, 3.63) is 0 Å². The van der Waals surface area contributed by atoms with Gasteiger partial charge in [0.15, 0.2) is 9.84 Å². The number of carbonyl (C=O) groups excluding carboxylic acids is 2. The van der Waals surface area contributed by atoms with Crippen molar-refractivity contribution in [1.82, 2.24) is 9.91 Å². The summed E-state index contributed by atoms with van der Waals surface area (Å²) in [5.74, 6) is -0.249. The number of sulfone groups is 1. The standard InChI is InChI=1S/C13H19N3O4S/c17-12-4-3-11(13(18)15-6-1-2-7-15)14-16(12)10-5-8-21(19,20)9-10/h10H,1-9H2/t10-/m0/s1. The molecule has 0 N–H and O–H groups in total. The maximum Gasteiger partial charge on any atom is 0.270 e. The third-order valence-corrected chi connectivity index (χ3v) is 6.00. The van der Waals surface area contributed by atoms with E-state index in [9.17, 15) is 18.0 Å². The molecule has 1 atom stereocenters. The SMILES string of the molecule is O=C(C1=NN([C@H]2CCS(=O)(=O)C2)C(=O)CC1)N1CCCC1. The summed E-state index contributed by atoms with van der Waals surface area (Å²) >= 11 is 0. The Morgan fingerprint density at radius 2 is 1.90 bits per heavy atom. The molecule has 0 radical (unpaired) electrons. The second-order valence-corrected chi connectivity index (χ2v) is 8.07. The second kappa shape index (κ2) is 5.40. The topological polar surface area (TPSA) is 87.1 Å². The van der Waals surface area contributed by atoms with Gasteiger partial charge in [0.05, 0.1) is 17.5 Å². The minimum atomic E-state index is -3.08. The predicted octanol–water partition coefficient (Wildman–Crippen LogP) is -0.226. The van der Waals surface area contributed by atoms with E-state index in [0.717, 1.165) is 25.9 Å². The van der Waals surface area contributed by atoms with Gasteiger partial charge in [-0.2, -0.15) is 5.10 Å². The van der Waals surface area contributed by atoms with E-state index < -0.39 is 15.9 Å². The highest BCUT2D eigenvalue weighted by Gasteiger charge is 2.38. The van der Waals surface area contributed by atoms with Gasteiger partial charge in [0.2, 0.25) is 5.91 Å². The average molecular weight is 313 g/mol. The first kappa shape index (κ1) is 14.5. The van der Waals surface area contributed by atoms with Crippen molar-refractivity contribution < 1.29 is 18.0 Å². The lowest BCUT2D eigenvalue weighted by Gasteiger charge is -2.28. The van der Waals surface area contributed by atoms with Crippen LogP contribution in [0.1, 0.15) is 32.1 Å². The van der Waals surface area contributed by atoms with Crippen LogP contribution in [0, 0.1) is 0 Å². The summed E-state index contributed by atoms with van der Waals surface area (Å²) in [4.78, 5) is 26.1. The lowest BCUT2D eigenvalue weighted by molar-refractivity contribution is -0.134. The van der Waals surface area contributed by atoms with Gasteiger partial charge in [-0.15, -0.1) is 0 Å². The lowest BCUT2D eigenvalue weighted by atomic mass is 10.1. The van der Waals surface area contributed by atoms with Crippen LogP contribution < -0.4 is 0 Å². The Balaban J connectivity index is 1.78. The van der Waals surface area contributed by atoms with Gasteiger partial charge in [0.1, 0.15) is 5.71 Å². The van der Waals surface area contributed by atoms with E-state index >= 15 is 0 Å². The van der Waals surface area contributed by atoms with Gasteiger partial charge in [-0.25, -0.2) is 13.4 Å². The quantitative estimate of drug-likeness (QED) is 0.705. The van der Waals surface area contributed by atoms with E-state index in [0.29, 0.717) is 18.6 Å². The van der Waals surface area contributed by atoms with E-state index in [2.05, 4.69) is 5.10 Å². The number of nitrogens with zero attached hydrogens (tertiary/aromatic N) is 3. The normalized spacial score (nSPS) is 28.9. The number of rotatable bonds is 2. The van der Waals surface area contributed by atoms with Gasteiger partial charge in [0.25, 0.3) is 5.91 Å². The van der Waals surface area contributed by atoms with Gasteiger partial charge in [0, 0.05) is 25.9 Å². The van der Waals surface area contributed by atoms with E-state index in [1.54, 1.807) is 4.90 Å². The second-order valence-electron chi connectivity index (χ2n) is 5.84. The minimum Gasteiger partial charge on any atom is -0.338 e. The summed E-state index contributed by atoms with van der Waals surface area (Å²) in [6, 6.07) is -0.413. The number of hydrazone groups is 1. The predicted molar refractivity (Wildman–Crippen MR) is 76.4 cm³/mol. The Kier molecular flexibility index (Phi) is 3.73. The highest BCUT2D eigenvalue weighted by molar-refractivity contribution is 7.91. The Morgan fingerprint density at radius 3 is 2.52 bits per heavy atom. The van der Waals surface area contributed by atoms with Gasteiger partial charge in [-0.1, -0.05) is 0 Å². The minimum absolute atomic E-state index is 0.0482. The zero-order chi connectivity index (χ0) is 15.0. The first-order valence-corrected chi connectivity index (χ1v) is 9.18. The molecule has 3 rings (SSSR count). The Hall–Kier alpha value is -1.44. The maximum atomic E-state index is 12.3. The number of hydrogen-bond donors (Lipinski definition) is 0. The van der Waals surface area contributed by atoms with Gasteiger partial charge < -0.3 is 4.90 Å². The fourth-order valence-electron chi connectivity index (χ4n) is 3.08. The van der Waals surface area contributed by atoms with Crippen LogP contribution in [0.2, 0.25) is 0 Å². The molecule has 0 aliphatic carbocycles. The van der Waals surface area contributed by atoms with Crippen LogP contribution in [0.15, 0.2) is 5.10 Å². The van der Waals surface area contributed by atoms with Gasteiger partial charge >= 0.3 is 0 Å². The molecule has 0 aromatic rings. The monoisotopic (exact) mass is 313 g/mol. The Bertz CT molecular complexity index is 593. The summed E-state index contributed by atoms with van der Waals surface area (Å²) in [5, 5.41) is 5.45. The van der Waals surface area contributed by atoms with E-state index in [1.807, 2.05) is 0 Å². The van der Waals surface area contributed by atoms with Crippen molar-refractivity contribution in [2.75, 3.05) is 24.6 Å². The fourth-order valence-corrected chi connectivity index (χ4v) is 4.77. The van der Waals surface area contributed by atoms with Crippen LogP contribution in [-0.2, 0) is 19.4 Å². The summed E-state index contributed by atoms with van der Waals surface area (Å²) in [6.45, 7) is 1.48. The summed E-state index contributed by atoms with van der Waals surface area (Å²) in [6.07, 6.45) is 2.99. The van der Waals surface area contributed by atoms with Crippen molar-refractivity contribution in [3.63, 3.8) is 0 Å². The zero-order valence-electron chi connectivity index (χ0n) is 11.8. The summed E-state index contributed by atoms with van der Waals surface area (Å²) in [7, 11) is -3.08. The van der Waals surface area contributed by atoms with Crippen molar-refractivity contribution in [2.24, 2.45) is 5.10 Å². The van der Waals surface area contributed by atoms with Crippen LogP contribution >= 0.6 is 0 Å². The van der Waals surface area contributed by atoms with Crippen molar-refractivity contribution in [1.29, 1.82) is 0 Å². The van der Waals surface area contributed by atoms with E-state index in [1.165, 1.54) is 5.01 Å². The highest BCUT2D eigenvalue weighted by Crippen LogP contribution is 2.23. The molecule has 0 spiro atoms. The molecule has 0 aromatic carbocycles. The number of carbonyl (C=O) groups is 2. The first-order chi connectivity index (χ1) is 9.96. The van der Waals surface area contributed by atoms with Crippen LogP contribution in [0.3, 0.4) is 0 Å². The molecular formula is C13H19N3O4S. The molecule has 0 unspecified atom stereocenters. The highest BCUT2D eigenvalue weighted by atomic mass is 32.2. The Labute approximate surface area is 123 Å². The third-order valence-electron chi connectivity index (χ3n) is 4.25. The molecule has 3 aliphatic heterocycles. The maximum absolute atomic E-state index is 12.3. The smallest absolute Gasteiger partial charge is 0.270 e. The lowest BCUT2D eigenvalue weighted by Crippen LogP contribution is -2.44. The zero-order valence-corrected chi connectivity index (χ0v) is 12.6. The fraction of sp³-hybridized carbons (Fsp3) is 0.769. The molecule has 7 nitrogen and oxygen atoms in total. The molecule has 3 heterocycles. The largest absolute Gasteiger partial charge is 0.338 e. The summed E-state index contributed by atoms with van der Waals surface area (Å²) < 4.78 is 23.1. The molecule has 0 saturated carbocycles. The summed E-state index contributed by atoms with van der Waals surface area (Å²) in [5.41, 5.74) is 0.390. The van der Waals surface area contributed by atoms with Crippen LogP contribution in [0.4, 0.5) is 0 Å².